The second kappa shape index (κ2) is 8.76. The molecule has 4 rings (SSSR count). The first-order chi connectivity index (χ1) is 14.7. The van der Waals surface area contributed by atoms with Gasteiger partial charge in [0.2, 0.25) is 0 Å². The Morgan fingerprint density at radius 3 is 2.40 bits per heavy atom. The lowest BCUT2D eigenvalue weighted by Gasteiger charge is -2.11. The molecule has 30 heavy (non-hydrogen) atoms. The van der Waals surface area contributed by atoms with E-state index in [4.69, 9.17) is 4.74 Å². The van der Waals surface area contributed by atoms with Crippen molar-refractivity contribution in [2.75, 3.05) is 10.6 Å². The number of hydrogen-bond acceptors (Lipinski definition) is 5. The number of ether oxygens (including phenoxy) is 1. The molecule has 0 unspecified atom stereocenters. The summed E-state index contributed by atoms with van der Waals surface area (Å²) < 4.78 is 5.82. The molecule has 0 atom stereocenters. The van der Waals surface area contributed by atoms with Gasteiger partial charge in [-0.05, 0) is 67.4 Å². The van der Waals surface area contributed by atoms with Crippen LogP contribution in [0.2, 0.25) is 0 Å². The van der Waals surface area contributed by atoms with Crippen molar-refractivity contribution >= 4 is 34.0 Å². The van der Waals surface area contributed by atoms with Crippen molar-refractivity contribution in [3.8, 4) is 23.3 Å². The third-order valence-electron chi connectivity index (χ3n) is 4.23. The molecule has 6 nitrogen and oxygen atoms in total. The van der Waals surface area contributed by atoms with E-state index in [1.54, 1.807) is 13.0 Å². The topological polar surface area (TPSA) is 76.1 Å². The van der Waals surface area contributed by atoms with Crippen molar-refractivity contribution in [3.63, 3.8) is 0 Å². The summed E-state index contributed by atoms with van der Waals surface area (Å²) in [4.78, 5) is 20.4. The number of hydrogen-bond donors (Lipinski definition) is 2. The van der Waals surface area contributed by atoms with Crippen LogP contribution in [0.5, 0.6) is 11.5 Å². The molecule has 6 heteroatoms. The molecule has 1 heterocycles. The molecule has 1 aromatic heterocycles. The smallest absolute Gasteiger partial charge is 0.300 e. The summed E-state index contributed by atoms with van der Waals surface area (Å²) in [7, 11) is 0. The lowest BCUT2D eigenvalue weighted by molar-refractivity contribution is -0.111. The fourth-order valence-corrected chi connectivity index (χ4v) is 2.88. The van der Waals surface area contributed by atoms with Crippen molar-refractivity contribution < 1.29 is 9.53 Å². The number of fused-ring (bicyclic) bond motifs is 1. The van der Waals surface area contributed by atoms with E-state index >= 15 is 0 Å². The fourth-order valence-electron chi connectivity index (χ4n) is 2.88. The molecule has 0 aliphatic heterocycles. The molecule has 0 saturated heterocycles. The molecule has 3 aromatic carbocycles. The van der Waals surface area contributed by atoms with Gasteiger partial charge in [-0.3, -0.25) is 4.79 Å². The summed E-state index contributed by atoms with van der Waals surface area (Å²) in [6.45, 7) is 1.62. The minimum absolute atomic E-state index is 0.364. The van der Waals surface area contributed by atoms with Gasteiger partial charge in [0, 0.05) is 16.8 Å². The lowest BCUT2D eigenvalue weighted by Crippen LogP contribution is -2.08. The van der Waals surface area contributed by atoms with E-state index in [1.807, 2.05) is 66.7 Å². The minimum atomic E-state index is -0.364. The molecule has 0 saturated carbocycles. The van der Waals surface area contributed by atoms with Crippen molar-refractivity contribution in [2.45, 2.75) is 6.92 Å². The number of rotatable bonds is 5. The Kier molecular flexibility index (Phi) is 5.54. The van der Waals surface area contributed by atoms with Crippen LogP contribution in [0.15, 0.2) is 79.1 Å². The molecule has 0 fully saturated rings. The Bertz CT molecular complexity index is 1240. The van der Waals surface area contributed by atoms with Gasteiger partial charge >= 0.3 is 0 Å². The quantitative estimate of drug-likeness (QED) is 0.459. The van der Waals surface area contributed by atoms with Crippen LogP contribution in [-0.2, 0) is 4.79 Å². The van der Waals surface area contributed by atoms with Gasteiger partial charge in [0.15, 0.2) is 0 Å². The summed E-state index contributed by atoms with van der Waals surface area (Å²) in [5.41, 5.74) is 2.23. The molecular weight excluding hydrogens is 376 g/mol. The summed E-state index contributed by atoms with van der Waals surface area (Å²) >= 11 is 0. The number of amides is 1. The first-order valence-corrected chi connectivity index (χ1v) is 9.30. The highest BCUT2D eigenvalue weighted by atomic mass is 16.5. The van der Waals surface area contributed by atoms with Crippen molar-refractivity contribution in [3.05, 3.63) is 79.1 Å². The maximum Gasteiger partial charge on any atom is 0.300 e. The SMILES string of the molecule is CC#CC(=O)Nc1ccc2ncnc(Nc3ccc(Oc4ccccc4)cc3)c2c1. The van der Waals surface area contributed by atoms with Crippen LogP contribution in [0.3, 0.4) is 0 Å². The summed E-state index contributed by atoms with van der Waals surface area (Å²) in [5, 5.41) is 6.82. The van der Waals surface area contributed by atoms with E-state index in [-0.39, 0.29) is 5.91 Å². The molecule has 0 bridgehead atoms. The summed E-state index contributed by atoms with van der Waals surface area (Å²) in [5.74, 6) is 6.83. The Hall–Kier alpha value is -4.37. The number of carbonyl (C=O) groups is 1. The minimum Gasteiger partial charge on any atom is -0.457 e. The second-order valence-corrected chi connectivity index (χ2v) is 6.35. The molecule has 0 spiro atoms. The number of carbonyl (C=O) groups excluding carboxylic acids is 1. The van der Waals surface area contributed by atoms with Crippen LogP contribution in [0.1, 0.15) is 6.92 Å². The van der Waals surface area contributed by atoms with Crippen LogP contribution in [0.25, 0.3) is 10.9 Å². The second-order valence-electron chi connectivity index (χ2n) is 6.35. The maximum absolute atomic E-state index is 11.7. The van der Waals surface area contributed by atoms with Crippen LogP contribution in [0.4, 0.5) is 17.2 Å². The molecule has 146 valence electrons. The summed E-state index contributed by atoms with van der Waals surface area (Å²) in [6, 6.07) is 22.6. The van der Waals surface area contributed by atoms with Gasteiger partial charge in [-0.2, -0.15) is 0 Å². The first-order valence-electron chi connectivity index (χ1n) is 9.30. The number of aromatic nitrogens is 2. The van der Waals surface area contributed by atoms with E-state index in [0.717, 1.165) is 28.1 Å². The molecule has 0 aliphatic carbocycles. The first kappa shape index (κ1) is 19.0. The van der Waals surface area contributed by atoms with E-state index in [2.05, 4.69) is 32.4 Å². The maximum atomic E-state index is 11.7. The number of nitrogens with zero attached hydrogens (tertiary/aromatic N) is 2. The third kappa shape index (κ3) is 4.54. The Balaban J connectivity index is 1.55. The van der Waals surface area contributed by atoms with E-state index in [1.165, 1.54) is 6.33 Å². The third-order valence-corrected chi connectivity index (χ3v) is 4.23. The Morgan fingerprint density at radius 1 is 0.900 bits per heavy atom. The Labute approximate surface area is 174 Å². The van der Waals surface area contributed by atoms with Gasteiger partial charge in [0.1, 0.15) is 23.6 Å². The van der Waals surface area contributed by atoms with Crippen molar-refractivity contribution in [1.82, 2.24) is 9.97 Å². The number of benzene rings is 3. The van der Waals surface area contributed by atoms with Crippen LogP contribution < -0.4 is 15.4 Å². The monoisotopic (exact) mass is 394 g/mol. The molecule has 0 radical (unpaired) electrons. The van der Waals surface area contributed by atoms with Gasteiger partial charge in [-0.15, -0.1) is 0 Å². The molecular formula is C24H18N4O2. The van der Waals surface area contributed by atoms with Crippen molar-refractivity contribution in [2.24, 2.45) is 0 Å². The predicted octanol–water partition coefficient (Wildman–Crippen LogP) is 5.13. The summed E-state index contributed by atoms with van der Waals surface area (Å²) in [6.07, 6.45) is 1.50. The zero-order chi connectivity index (χ0) is 20.8. The van der Waals surface area contributed by atoms with Gasteiger partial charge in [-0.1, -0.05) is 24.1 Å². The Morgan fingerprint density at radius 2 is 1.63 bits per heavy atom. The molecule has 1 amide bonds. The standard InChI is InChI=1S/C24H18N4O2/c1-2-6-23(29)27-18-11-14-22-21(15-18)24(26-16-25-22)28-17-9-12-20(13-10-17)30-19-7-4-3-5-8-19/h3-5,7-16H,1H3,(H,27,29)(H,25,26,28). The average Bonchev–Trinajstić information content (AvgIpc) is 2.76. The molecule has 2 N–H and O–H groups in total. The van der Waals surface area contributed by atoms with Gasteiger partial charge < -0.3 is 15.4 Å². The van der Waals surface area contributed by atoms with Crippen LogP contribution >= 0.6 is 0 Å². The number of nitrogens with one attached hydrogen (secondary N) is 2. The molecule has 0 aliphatic rings. The number of anilines is 3. The van der Waals surface area contributed by atoms with Gasteiger partial charge in [0.05, 0.1) is 5.52 Å². The highest BCUT2D eigenvalue weighted by molar-refractivity contribution is 6.05. The van der Waals surface area contributed by atoms with Crippen molar-refractivity contribution in [1.29, 1.82) is 0 Å². The van der Waals surface area contributed by atoms with Gasteiger partial charge in [-0.25, -0.2) is 9.97 Å². The normalized spacial score (nSPS) is 10.0. The zero-order valence-corrected chi connectivity index (χ0v) is 16.2. The lowest BCUT2D eigenvalue weighted by atomic mass is 10.2. The van der Waals surface area contributed by atoms with Gasteiger partial charge in [0.25, 0.3) is 5.91 Å². The van der Waals surface area contributed by atoms with Crippen LogP contribution in [-0.4, -0.2) is 15.9 Å². The van der Waals surface area contributed by atoms with E-state index < -0.39 is 0 Å². The van der Waals surface area contributed by atoms with E-state index in [9.17, 15) is 4.79 Å². The van der Waals surface area contributed by atoms with E-state index in [0.29, 0.717) is 11.5 Å². The highest BCUT2D eigenvalue weighted by Gasteiger charge is 2.07. The highest BCUT2D eigenvalue weighted by Crippen LogP contribution is 2.28. The predicted molar refractivity (Wildman–Crippen MR) is 118 cm³/mol. The van der Waals surface area contributed by atoms with Crippen LogP contribution in [0, 0.1) is 11.8 Å². The molecule has 4 aromatic rings. The zero-order valence-electron chi connectivity index (χ0n) is 16.2. The fraction of sp³-hybridized carbons (Fsp3) is 0.0417. The average molecular weight is 394 g/mol. The largest absolute Gasteiger partial charge is 0.457 e. The number of para-hydroxylation sites is 1.